The maximum absolute atomic E-state index is 8.38. The summed E-state index contributed by atoms with van der Waals surface area (Å²) >= 11 is 0. The first-order valence-electron chi connectivity index (χ1n) is 5.20. The number of rotatable bonds is 6. The van der Waals surface area contributed by atoms with Gasteiger partial charge in [0.2, 0.25) is 0 Å². The number of hydrogen-bond acceptors (Lipinski definition) is 4. The third-order valence-electron chi connectivity index (χ3n) is 2.01. The van der Waals surface area contributed by atoms with E-state index in [4.69, 9.17) is 15.7 Å². The Kier molecular flexibility index (Phi) is 4.98. The van der Waals surface area contributed by atoms with Gasteiger partial charge >= 0.3 is 0 Å². The van der Waals surface area contributed by atoms with Gasteiger partial charge in [0.1, 0.15) is 11.6 Å². The van der Waals surface area contributed by atoms with Crippen LogP contribution in [0.4, 0.5) is 5.69 Å². The van der Waals surface area contributed by atoms with E-state index in [1.165, 1.54) is 0 Å². The van der Waals surface area contributed by atoms with Gasteiger partial charge in [-0.3, -0.25) is 0 Å². The number of para-hydroxylation sites is 2. The number of nitrogens with zero attached hydrogens (tertiary/aromatic N) is 1. The summed E-state index contributed by atoms with van der Waals surface area (Å²) in [6.45, 7) is 3.16. The van der Waals surface area contributed by atoms with Crippen LogP contribution in [0, 0.1) is 0 Å². The van der Waals surface area contributed by atoms with Gasteiger partial charge in [-0.15, -0.1) is 0 Å². The average Bonchev–Trinajstić information content (AvgIpc) is 2.31. The molecule has 0 saturated heterocycles. The van der Waals surface area contributed by atoms with Crippen LogP contribution in [0.2, 0.25) is 0 Å². The van der Waals surface area contributed by atoms with Crippen molar-refractivity contribution in [2.24, 2.45) is 10.9 Å². The molecule has 0 radical (unpaired) electrons. The molecule has 0 unspecified atom stereocenters. The number of oxime groups is 1. The first kappa shape index (κ1) is 12.2. The number of ether oxygens (including phenoxy) is 1. The van der Waals surface area contributed by atoms with Crippen LogP contribution < -0.4 is 15.8 Å². The van der Waals surface area contributed by atoms with Crippen LogP contribution in [0.5, 0.6) is 5.75 Å². The minimum Gasteiger partial charge on any atom is -0.492 e. The van der Waals surface area contributed by atoms with E-state index in [1.54, 1.807) is 0 Å². The minimum absolute atomic E-state index is 0.210. The predicted molar refractivity (Wildman–Crippen MR) is 64.1 cm³/mol. The summed E-state index contributed by atoms with van der Waals surface area (Å²) in [5, 5.41) is 14.4. The van der Waals surface area contributed by atoms with Gasteiger partial charge in [-0.2, -0.15) is 0 Å². The molecule has 0 bridgehead atoms. The van der Waals surface area contributed by atoms with Crippen LogP contribution in [0.3, 0.4) is 0 Å². The summed E-state index contributed by atoms with van der Waals surface area (Å²) < 4.78 is 5.45. The van der Waals surface area contributed by atoms with Crippen molar-refractivity contribution in [3.63, 3.8) is 0 Å². The summed E-state index contributed by atoms with van der Waals surface area (Å²) in [5.74, 6) is 1.02. The van der Waals surface area contributed by atoms with Crippen LogP contribution in [0.15, 0.2) is 29.4 Å². The summed E-state index contributed by atoms with van der Waals surface area (Å²) in [7, 11) is 0. The maximum atomic E-state index is 8.38. The molecule has 0 spiro atoms. The predicted octanol–water partition coefficient (Wildman–Crippen LogP) is 1.63. The molecule has 1 aromatic rings. The van der Waals surface area contributed by atoms with Crippen LogP contribution in [-0.4, -0.2) is 24.2 Å². The smallest absolute Gasteiger partial charge is 0.142 e. The van der Waals surface area contributed by atoms with Crippen LogP contribution in [0.1, 0.15) is 13.3 Å². The first-order valence-corrected chi connectivity index (χ1v) is 5.20. The lowest BCUT2D eigenvalue weighted by atomic mass is 10.3. The largest absolute Gasteiger partial charge is 0.492 e. The molecular weight excluding hydrogens is 206 g/mol. The second-order valence-corrected chi connectivity index (χ2v) is 3.20. The molecule has 5 nitrogen and oxygen atoms in total. The molecular formula is C11H17N3O2. The van der Waals surface area contributed by atoms with Gasteiger partial charge in [0.15, 0.2) is 0 Å². The van der Waals surface area contributed by atoms with Crippen molar-refractivity contribution < 1.29 is 9.94 Å². The van der Waals surface area contributed by atoms with E-state index in [0.717, 1.165) is 11.4 Å². The summed E-state index contributed by atoms with van der Waals surface area (Å²) in [5.41, 5.74) is 6.27. The lowest BCUT2D eigenvalue weighted by molar-refractivity contribution is 0.317. The number of nitrogens with one attached hydrogen (secondary N) is 1. The Balaban J connectivity index is 2.52. The van der Waals surface area contributed by atoms with Crippen molar-refractivity contribution >= 4 is 11.5 Å². The fourth-order valence-electron chi connectivity index (χ4n) is 1.27. The standard InChI is InChI=1S/C11H17N3O2/c1-2-16-10-6-4-3-5-9(10)13-8-7-11(12)14-15/h3-6,13,15H,2,7-8H2,1H3,(H2,12,14). The van der Waals surface area contributed by atoms with Gasteiger partial charge in [-0.05, 0) is 19.1 Å². The van der Waals surface area contributed by atoms with Gasteiger partial charge in [0, 0.05) is 13.0 Å². The van der Waals surface area contributed by atoms with Gasteiger partial charge < -0.3 is 21.0 Å². The molecule has 0 amide bonds. The van der Waals surface area contributed by atoms with E-state index in [1.807, 2.05) is 31.2 Å². The third-order valence-corrected chi connectivity index (χ3v) is 2.01. The zero-order valence-corrected chi connectivity index (χ0v) is 9.31. The molecule has 0 aliphatic carbocycles. The van der Waals surface area contributed by atoms with E-state index < -0.39 is 0 Å². The highest BCUT2D eigenvalue weighted by atomic mass is 16.5. The molecule has 0 atom stereocenters. The zero-order chi connectivity index (χ0) is 11.8. The normalized spacial score (nSPS) is 11.2. The Hall–Kier alpha value is -1.91. The highest BCUT2D eigenvalue weighted by molar-refractivity contribution is 5.80. The molecule has 0 aliphatic rings. The summed E-state index contributed by atoms with van der Waals surface area (Å²) in [6.07, 6.45) is 0.483. The molecule has 0 aromatic heterocycles. The number of anilines is 1. The van der Waals surface area contributed by atoms with E-state index in [2.05, 4.69) is 10.5 Å². The van der Waals surface area contributed by atoms with E-state index in [9.17, 15) is 0 Å². The molecule has 0 saturated carbocycles. The third kappa shape index (κ3) is 3.68. The monoisotopic (exact) mass is 223 g/mol. The summed E-state index contributed by atoms with van der Waals surface area (Å²) in [4.78, 5) is 0. The van der Waals surface area contributed by atoms with Crippen LogP contribution in [0.25, 0.3) is 0 Å². The van der Waals surface area contributed by atoms with Gasteiger partial charge in [0.25, 0.3) is 0 Å². The van der Waals surface area contributed by atoms with Crippen molar-refractivity contribution in [2.75, 3.05) is 18.5 Å². The highest BCUT2D eigenvalue weighted by Crippen LogP contribution is 2.23. The molecule has 0 fully saturated rings. The van der Waals surface area contributed by atoms with E-state index in [0.29, 0.717) is 19.6 Å². The Bertz CT molecular complexity index is 353. The van der Waals surface area contributed by atoms with E-state index in [-0.39, 0.29) is 5.84 Å². The minimum atomic E-state index is 0.210. The molecule has 0 aliphatic heterocycles. The van der Waals surface area contributed by atoms with Gasteiger partial charge in [0.05, 0.1) is 12.3 Å². The number of nitrogens with two attached hydrogens (primary N) is 1. The number of hydrogen-bond donors (Lipinski definition) is 3. The maximum Gasteiger partial charge on any atom is 0.142 e. The second kappa shape index (κ2) is 6.55. The lowest BCUT2D eigenvalue weighted by Gasteiger charge is -2.11. The van der Waals surface area contributed by atoms with Crippen molar-refractivity contribution in [1.29, 1.82) is 0 Å². The molecule has 1 rings (SSSR count). The lowest BCUT2D eigenvalue weighted by Crippen LogP contribution is -2.16. The van der Waals surface area contributed by atoms with Crippen molar-refractivity contribution in [3.8, 4) is 5.75 Å². The fourth-order valence-corrected chi connectivity index (χ4v) is 1.27. The molecule has 0 heterocycles. The number of benzene rings is 1. The quantitative estimate of drug-likeness (QED) is 0.296. The summed E-state index contributed by atoms with van der Waals surface area (Å²) in [6, 6.07) is 7.67. The Morgan fingerprint density at radius 2 is 2.25 bits per heavy atom. The highest BCUT2D eigenvalue weighted by Gasteiger charge is 2.01. The van der Waals surface area contributed by atoms with Crippen LogP contribution in [-0.2, 0) is 0 Å². The molecule has 5 heteroatoms. The second-order valence-electron chi connectivity index (χ2n) is 3.20. The SMILES string of the molecule is CCOc1ccccc1NCCC(N)=NO. The van der Waals surface area contributed by atoms with Crippen molar-refractivity contribution in [3.05, 3.63) is 24.3 Å². The zero-order valence-electron chi connectivity index (χ0n) is 9.31. The fraction of sp³-hybridized carbons (Fsp3) is 0.364. The molecule has 1 aromatic carbocycles. The molecule has 4 N–H and O–H groups in total. The van der Waals surface area contributed by atoms with Crippen molar-refractivity contribution in [1.82, 2.24) is 0 Å². The first-order chi connectivity index (χ1) is 7.77. The van der Waals surface area contributed by atoms with Crippen molar-refractivity contribution in [2.45, 2.75) is 13.3 Å². The Morgan fingerprint density at radius 3 is 2.94 bits per heavy atom. The van der Waals surface area contributed by atoms with Gasteiger partial charge in [-0.25, -0.2) is 0 Å². The Labute approximate surface area is 94.9 Å². The Morgan fingerprint density at radius 1 is 1.50 bits per heavy atom. The average molecular weight is 223 g/mol. The van der Waals surface area contributed by atoms with Gasteiger partial charge in [-0.1, -0.05) is 17.3 Å². The topological polar surface area (TPSA) is 79.9 Å². The molecule has 16 heavy (non-hydrogen) atoms. The molecule has 88 valence electrons. The van der Waals surface area contributed by atoms with Crippen LogP contribution >= 0.6 is 0 Å². The van der Waals surface area contributed by atoms with E-state index >= 15 is 0 Å². The number of amidine groups is 1.